The highest BCUT2D eigenvalue weighted by atomic mass is 16.5. The number of nitrogens with one attached hydrogen (secondary N) is 1. The molecule has 0 saturated carbocycles. The highest BCUT2D eigenvalue weighted by Gasteiger charge is 2.15. The van der Waals surface area contributed by atoms with Gasteiger partial charge in [-0.2, -0.15) is 5.10 Å². The van der Waals surface area contributed by atoms with Crippen molar-refractivity contribution in [3.63, 3.8) is 0 Å². The zero-order valence-corrected chi connectivity index (χ0v) is 17.5. The van der Waals surface area contributed by atoms with Gasteiger partial charge in [0.05, 0.1) is 12.8 Å². The lowest BCUT2D eigenvalue weighted by Crippen LogP contribution is -2.17. The van der Waals surface area contributed by atoms with E-state index in [0.29, 0.717) is 12.2 Å². The van der Waals surface area contributed by atoms with E-state index >= 15 is 0 Å². The first-order valence-corrected chi connectivity index (χ1v) is 10.1. The van der Waals surface area contributed by atoms with Crippen LogP contribution in [-0.4, -0.2) is 29.3 Å². The summed E-state index contributed by atoms with van der Waals surface area (Å²) in [7, 11) is 0. The molecule has 0 spiro atoms. The number of amides is 1. The number of carbonyl (C=O) groups is 2. The third-order valence-electron chi connectivity index (χ3n) is 5.24. The molecule has 156 valence electrons. The Balaban J connectivity index is 1.58. The number of hydrazone groups is 1. The molecule has 1 aromatic heterocycles. The molecule has 0 fully saturated rings. The molecule has 0 aliphatic rings. The topological polar surface area (TPSA) is 72.7 Å². The number of benzene rings is 3. The fourth-order valence-electron chi connectivity index (χ4n) is 3.71. The van der Waals surface area contributed by atoms with Crippen molar-refractivity contribution in [2.75, 3.05) is 6.61 Å². The number of hydrogen-bond acceptors (Lipinski definition) is 4. The summed E-state index contributed by atoms with van der Waals surface area (Å²) < 4.78 is 7.00. The van der Waals surface area contributed by atoms with Gasteiger partial charge in [-0.25, -0.2) is 5.43 Å². The molecule has 6 heteroatoms. The van der Waals surface area contributed by atoms with Crippen molar-refractivity contribution >= 4 is 39.8 Å². The Morgan fingerprint density at radius 3 is 2.58 bits per heavy atom. The molecule has 3 aromatic carbocycles. The van der Waals surface area contributed by atoms with Gasteiger partial charge in [-0.3, -0.25) is 9.59 Å². The van der Waals surface area contributed by atoms with Crippen molar-refractivity contribution in [3.8, 4) is 0 Å². The minimum absolute atomic E-state index is 0.122. The van der Waals surface area contributed by atoms with Crippen molar-refractivity contribution in [2.45, 2.75) is 20.4 Å². The summed E-state index contributed by atoms with van der Waals surface area (Å²) >= 11 is 0. The largest absolute Gasteiger partial charge is 0.465 e. The van der Waals surface area contributed by atoms with E-state index < -0.39 is 0 Å². The van der Waals surface area contributed by atoms with E-state index in [1.807, 2.05) is 72.2 Å². The SMILES string of the molecule is CCOC(=O)Cn1c(C)c(/C=N\NC(=O)c2ccc3ccccc3c2)c2ccccc21. The summed E-state index contributed by atoms with van der Waals surface area (Å²) in [6, 6.07) is 21.2. The molecule has 0 unspecified atom stereocenters. The molecular weight excluding hydrogens is 390 g/mol. The Kier molecular flexibility index (Phi) is 5.80. The van der Waals surface area contributed by atoms with Crippen molar-refractivity contribution < 1.29 is 14.3 Å². The van der Waals surface area contributed by atoms with Gasteiger partial charge in [0.2, 0.25) is 0 Å². The molecule has 0 aliphatic heterocycles. The van der Waals surface area contributed by atoms with Crippen LogP contribution in [0.4, 0.5) is 0 Å². The molecule has 1 N–H and O–H groups in total. The second-order valence-corrected chi connectivity index (χ2v) is 7.17. The predicted octanol–water partition coefficient (Wildman–Crippen LogP) is 4.43. The van der Waals surface area contributed by atoms with E-state index in [-0.39, 0.29) is 18.4 Å². The molecule has 0 aliphatic carbocycles. The zero-order chi connectivity index (χ0) is 21.8. The fourth-order valence-corrected chi connectivity index (χ4v) is 3.71. The van der Waals surface area contributed by atoms with Crippen LogP contribution in [0.3, 0.4) is 0 Å². The first-order valence-electron chi connectivity index (χ1n) is 10.1. The number of carbonyl (C=O) groups excluding carboxylic acids is 2. The monoisotopic (exact) mass is 413 g/mol. The van der Waals surface area contributed by atoms with E-state index in [0.717, 1.165) is 32.9 Å². The molecule has 31 heavy (non-hydrogen) atoms. The van der Waals surface area contributed by atoms with Crippen LogP contribution >= 0.6 is 0 Å². The van der Waals surface area contributed by atoms with Crippen LogP contribution in [0, 0.1) is 6.92 Å². The van der Waals surface area contributed by atoms with E-state index in [9.17, 15) is 9.59 Å². The third-order valence-corrected chi connectivity index (χ3v) is 5.24. The number of aromatic nitrogens is 1. The molecule has 6 nitrogen and oxygen atoms in total. The molecule has 0 saturated heterocycles. The van der Waals surface area contributed by atoms with Crippen molar-refractivity contribution in [2.24, 2.45) is 5.10 Å². The lowest BCUT2D eigenvalue weighted by Gasteiger charge is -2.07. The van der Waals surface area contributed by atoms with E-state index in [1.165, 1.54) is 0 Å². The average molecular weight is 413 g/mol. The number of nitrogens with zero attached hydrogens (tertiary/aromatic N) is 2. The summed E-state index contributed by atoms with van der Waals surface area (Å²) in [5.41, 5.74) is 5.77. The zero-order valence-electron chi connectivity index (χ0n) is 17.5. The minimum Gasteiger partial charge on any atom is -0.465 e. The molecule has 0 atom stereocenters. The van der Waals surface area contributed by atoms with Crippen LogP contribution < -0.4 is 5.43 Å². The second-order valence-electron chi connectivity index (χ2n) is 7.17. The Morgan fingerprint density at radius 2 is 1.77 bits per heavy atom. The average Bonchev–Trinajstić information content (AvgIpc) is 3.05. The number of fused-ring (bicyclic) bond motifs is 2. The Labute approximate surface area is 180 Å². The minimum atomic E-state index is -0.292. The Bertz CT molecular complexity index is 1300. The molecule has 0 bridgehead atoms. The Hall–Kier alpha value is -3.93. The maximum absolute atomic E-state index is 12.6. The number of rotatable bonds is 6. The summed E-state index contributed by atoms with van der Waals surface area (Å²) in [6.07, 6.45) is 1.62. The maximum atomic E-state index is 12.6. The van der Waals surface area contributed by atoms with Crippen molar-refractivity contribution in [1.29, 1.82) is 0 Å². The van der Waals surface area contributed by atoms with Gasteiger partial charge >= 0.3 is 5.97 Å². The summed E-state index contributed by atoms with van der Waals surface area (Å²) in [5, 5.41) is 7.21. The smallest absolute Gasteiger partial charge is 0.325 e. The predicted molar refractivity (Wildman–Crippen MR) is 122 cm³/mol. The van der Waals surface area contributed by atoms with Gasteiger partial charge in [-0.1, -0.05) is 48.5 Å². The normalized spacial score (nSPS) is 11.3. The number of esters is 1. The summed E-state index contributed by atoms with van der Waals surface area (Å²) in [6.45, 7) is 4.17. The second kappa shape index (κ2) is 8.83. The number of ether oxygens (including phenoxy) is 1. The molecule has 1 amide bonds. The lowest BCUT2D eigenvalue weighted by molar-refractivity contribution is -0.143. The quantitative estimate of drug-likeness (QED) is 0.289. The third kappa shape index (κ3) is 4.19. The van der Waals surface area contributed by atoms with Crippen LogP contribution in [0.2, 0.25) is 0 Å². The number of para-hydroxylation sites is 1. The van der Waals surface area contributed by atoms with Crippen LogP contribution in [0.25, 0.3) is 21.7 Å². The van der Waals surface area contributed by atoms with Gasteiger partial charge < -0.3 is 9.30 Å². The molecule has 4 rings (SSSR count). The summed E-state index contributed by atoms with van der Waals surface area (Å²) in [5.74, 6) is -0.575. The van der Waals surface area contributed by atoms with Crippen LogP contribution in [0.5, 0.6) is 0 Å². The van der Waals surface area contributed by atoms with E-state index in [2.05, 4.69) is 10.5 Å². The standard InChI is InChI=1S/C25H23N3O3/c1-3-31-24(29)16-28-17(2)22(21-10-6-7-11-23(21)28)15-26-27-25(30)20-13-12-18-8-4-5-9-19(18)14-20/h4-15H,3,16H2,1-2H3,(H,27,30)/b26-15-. The van der Waals surface area contributed by atoms with Crippen LogP contribution in [0.1, 0.15) is 28.5 Å². The molecule has 1 heterocycles. The van der Waals surface area contributed by atoms with Crippen LogP contribution in [-0.2, 0) is 16.1 Å². The fraction of sp³-hybridized carbons (Fsp3) is 0.160. The van der Waals surface area contributed by atoms with Crippen molar-refractivity contribution in [1.82, 2.24) is 9.99 Å². The van der Waals surface area contributed by atoms with Gasteiger partial charge in [0, 0.05) is 27.7 Å². The molecule has 4 aromatic rings. The molecular formula is C25H23N3O3. The van der Waals surface area contributed by atoms with Gasteiger partial charge in [0.25, 0.3) is 5.91 Å². The highest BCUT2D eigenvalue weighted by Crippen LogP contribution is 2.24. The Morgan fingerprint density at radius 1 is 1.03 bits per heavy atom. The maximum Gasteiger partial charge on any atom is 0.325 e. The first kappa shape index (κ1) is 20.3. The van der Waals surface area contributed by atoms with Gasteiger partial charge in [0.15, 0.2) is 0 Å². The van der Waals surface area contributed by atoms with E-state index in [4.69, 9.17) is 4.74 Å². The van der Waals surface area contributed by atoms with Crippen LogP contribution in [0.15, 0.2) is 71.8 Å². The number of hydrogen-bond donors (Lipinski definition) is 1. The highest BCUT2D eigenvalue weighted by molar-refractivity contribution is 6.03. The van der Waals surface area contributed by atoms with Gasteiger partial charge in [-0.05, 0) is 42.8 Å². The summed E-state index contributed by atoms with van der Waals surface area (Å²) in [4.78, 5) is 24.6. The lowest BCUT2D eigenvalue weighted by atomic mass is 10.1. The van der Waals surface area contributed by atoms with Gasteiger partial charge in [-0.15, -0.1) is 0 Å². The first-order chi connectivity index (χ1) is 15.1. The van der Waals surface area contributed by atoms with E-state index in [1.54, 1.807) is 19.2 Å². The molecule has 0 radical (unpaired) electrons. The van der Waals surface area contributed by atoms with Crippen molar-refractivity contribution in [3.05, 3.63) is 83.6 Å². The van der Waals surface area contributed by atoms with Gasteiger partial charge in [0.1, 0.15) is 6.54 Å².